The van der Waals surface area contributed by atoms with Crippen LogP contribution < -0.4 is 5.32 Å². The maximum absolute atomic E-state index is 4.49. The minimum atomic E-state index is 0.368. The number of rotatable bonds is 4. The molecule has 112 valence electrons. The molecule has 3 heteroatoms. The lowest BCUT2D eigenvalue weighted by Crippen LogP contribution is -2.23. The van der Waals surface area contributed by atoms with E-state index in [9.17, 15) is 0 Å². The van der Waals surface area contributed by atoms with Gasteiger partial charge in [-0.1, -0.05) is 24.3 Å². The van der Waals surface area contributed by atoms with Gasteiger partial charge in [0.05, 0.1) is 11.4 Å². The number of fused-ring (bicyclic) bond motifs is 1. The maximum Gasteiger partial charge on any atom is 0.0597 e. The van der Waals surface area contributed by atoms with E-state index in [1.165, 1.54) is 25.0 Å². The van der Waals surface area contributed by atoms with Crippen LogP contribution in [0.2, 0.25) is 0 Å². The lowest BCUT2D eigenvalue weighted by atomic mass is 9.79. The zero-order valence-electron chi connectivity index (χ0n) is 13.3. The van der Waals surface area contributed by atoms with E-state index in [1.807, 2.05) is 11.7 Å². The zero-order valence-corrected chi connectivity index (χ0v) is 13.3. The summed E-state index contributed by atoms with van der Waals surface area (Å²) in [5, 5.41) is 7.98. The van der Waals surface area contributed by atoms with Crippen molar-refractivity contribution in [1.29, 1.82) is 0 Å². The summed E-state index contributed by atoms with van der Waals surface area (Å²) in [5.74, 6) is 0.655. The lowest BCUT2D eigenvalue weighted by Gasteiger charge is -2.29. The Morgan fingerprint density at radius 2 is 2.19 bits per heavy atom. The molecule has 1 heterocycles. The quantitative estimate of drug-likeness (QED) is 0.930. The summed E-state index contributed by atoms with van der Waals surface area (Å²) in [6, 6.07) is 11.5. The van der Waals surface area contributed by atoms with Gasteiger partial charge in [-0.05, 0) is 62.8 Å². The first-order chi connectivity index (χ1) is 10.2. The van der Waals surface area contributed by atoms with Crippen molar-refractivity contribution in [2.24, 2.45) is 7.05 Å². The topological polar surface area (TPSA) is 29.9 Å². The van der Waals surface area contributed by atoms with Gasteiger partial charge in [0.15, 0.2) is 0 Å². The molecule has 21 heavy (non-hydrogen) atoms. The SMILES string of the molecule is CNC(CC1CCCc2ccccc21)c1cc(C)nn1C. The Balaban J connectivity index is 1.84. The number of hydrogen-bond acceptors (Lipinski definition) is 2. The van der Waals surface area contributed by atoms with Crippen LogP contribution in [0, 0.1) is 6.92 Å². The predicted molar refractivity (Wildman–Crippen MR) is 86.5 cm³/mol. The minimum Gasteiger partial charge on any atom is -0.312 e. The van der Waals surface area contributed by atoms with Crippen molar-refractivity contribution in [3.8, 4) is 0 Å². The second kappa shape index (κ2) is 6.02. The Hall–Kier alpha value is -1.61. The maximum atomic E-state index is 4.49. The zero-order chi connectivity index (χ0) is 14.8. The van der Waals surface area contributed by atoms with E-state index in [4.69, 9.17) is 0 Å². The van der Waals surface area contributed by atoms with Gasteiger partial charge >= 0.3 is 0 Å². The summed E-state index contributed by atoms with van der Waals surface area (Å²) in [6.45, 7) is 2.06. The fourth-order valence-corrected chi connectivity index (χ4v) is 3.73. The fourth-order valence-electron chi connectivity index (χ4n) is 3.73. The van der Waals surface area contributed by atoms with Crippen molar-refractivity contribution in [2.75, 3.05) is 7.05 Å². The van der Waals surface area contributed by atoms with E-state index in [2.05, 4.69) is 54.7 Å². The molecule has 1 aromatic carbocycles. The number of aromatic nitrogens is 2. The molecule has 0 aliphatic heterocycles. The molecule has 2 aromatic rings. The minimum absolute atomic E-state index is 0.368. The Morgan fingerprint density at radius 3 is 2.90 bits per heavy atom. The molecule has 0 fully saturated rings. The molecule has 0 bridgehead atoms. The number of nitrogens with one attached hydrogen (secondary N) is 1. The Labute approximate surface area is 127 Å². The molecule has 0 saturated carbocycles. The van der Waals surface area contributed by atoms with Gasteiger partial charge in [-0.2, -0.15) is 5.10 Å². The van der Waals surface area contributed by atoms with Crippen LogP contribution >= 0.6 is 0 Å². The van der Waals surface area contributed by atoms with Gasteiger partial charge in [-0.15, -0.1) is 0 Å². The van der Waals surface area contributed by atoms with Crippen LogP contribution in [0.5, 0.6) is 0 Å². The molecule has 0 amide bonds. The van der Waals surface area contributed by atoms with Crippen LogP contribution in [0.1, 0.15) is 53.7 Å². The molecule has 1 aliphatic carbocycles. The fraction of sp³-hybridized carbons (Fsp3) is 0.500. The van der Waals surface area contributed by atoms with Gasteiger partial charge in [0, 0.05) is 13.1 Å². The van der Waals surface area contributed by atoms with Crippen LogP contribution in [-0.2, 0) is 13.5 Å². The molecule has 2 atom stereocenters. The van der Waals surface area contributed by atoms with E-state index in [1.54, 1.807) is 11.1 Å². The largest absolute Gasteiger partial charge is 0.312 e. The first-order valence-corrected chi connectivity index (χ1v) is 7.94. The van der Waals surface area contributed by atoms with Crippen molar-refractivity contribution >= 4 is 0 Å². The van der Waals surface area contributed by atoms with Gasteiger partial charge in [0.1, 0.15) is 0 Å². The summed E-state index contributed by atoms with van der Waals surface area (Å²) in [5.41, 5.74) is 5.49. The van der Waals surface area contributed by atoms with Crippen LogP contribution in [0.25, 0.3) is 0 Å². The molecule has 1 N–H and O–H groups in total. The average Bonchev–Trinajstić information content (AvgIpc) is 2.83. The van der Waals surface area contributed by atoms with Gasteiger partial charge in [0.2, 0.25) is 0 Å². The van der Waals surface area contributed by atoms with Crippen LogP contribution in [0.15, 0.2) is 30.3 Å². The molecular formula is C18H25N3. The first-order valence-electron chi connectivity index (χ1n) is 7.94. The van der Waals surface area contributed by atoms with Gasteiger partial charge in [-0.25, -0.2) is 0 Å². The number of aryl methyl sites for hydroxylation is 3. The normalized spacial score (nSPS) is 19.3. The molecule has 3 nitrogen and oxygen atoms in total. The number of nitrogens with zero attached hydrogens (tertiary/aromatic N) is 2. The summed E-state index contributed by atoms with van der Waals surface area (Å²) in [4.78, 5) is 0. The second-order valence-electron chi connectivity index (χ2n) is 6.20. The molecule has 3 rings (SSSR count). The van der Waals surface area contributed by atoms with E-state index in [0.29, 0.717) is 12.0 Å². The highest BCUT2D eigenvalue weighted by atomic mass is 15.3. The van der Waals surface area contributed by atoms with Gasteiger partial charge < -0.3 is 5.32 Å². The highest BCUT2D eigenvalue weighted by molar-refractivity contribution is 5.33. The van der Waals surface area contributed by atoms with Gasteiger partial charge in [0.25, 0.3) is 0 Å². The number of benzene rings is 1. The standard InChI is InChI=1S/C18H25N3/c1-13-11-18(21(3)20-13)17(19-2)12-15-9-6-8-14-7-4-5-10-16(14)15/h4-5,7,10-11,15,17,19H,6,8-9,12H2,1-3H3. The summed E-state index contributed by atoms with van der Waals surface area (Å²) >= 11 is 0. The van der Waals surface area contributed by atoms with Crippen molar-refractivity contribution in [2.45, 2.75) is 44.6 Å². The molecule has 2 unspecified atom stereocenters. The highest BCUT2D eigenvalue weighted by Gasteiger charge is 2.24. The van der Waals surface area contributed by atoms with Crippen LogP contribution in [-0.4, -0.2) is 16.8 Å². The second-order valence-corrected chi connectivity index (χ2v) is 6.20. The van der Waals surface area contributed by atoms with E-state index < -0.39 is 0 Å². The Morgan fingerprint density at radius 1 is 1.38 bits per heavy atom. The van der Waals surface area contributed by atoms with Crippen molar-refractivity contribution in [3.05, 3.63) is 52.8 Å². The molecule has 0 saturated heterocycles. The van der Waals surface area contributed by atoms with Crippen molar-refractivity contribution < 1.29 is 0 Å². The third-order valence-electron chi connectivity index (χ3n) is 4.76. The first kappa shape index (κ1) is 14.3. The predicted octanol–water partition coefficient (Wildman–Crippen LogP) is 3.50. The van der Waals surface area contributed by atoms with Gasteiger partial charge in [-0.3, -0.25) is 4.68 Å². The smallest absolute Gasteiger partial charge is 0.0597 e. The molecule has 0 radical (unpaired) electrons. The van der Waals surface area contributed by atoms with Crippen molar-refractivity contribution in [1.82, 2.24) is 15.1 Å². The van der Waals surface area contributed by atoms with Crippen LogP contribution in [0.4, 0.5) is 0 Å². The Kier molecular flexibility index (Phi) is 4.11. The monoisotopic (exact) mass is 283 g/mol. The molecule has 0 spiro atoms. The Bertz CT molecular complexity index is 615. The molecular weight excluding hydrogens is 258 g/mol. The van der Waals surface area contributed by atoms with E-state index in [0.717, 1.165) is 12.1 Å². The van der Waals surface area contributed by atoms with Crippen molar-refractivity contribution in [3.63, 3.8) is 0 Å². The summed E-state index contributed by atoms with van der Waals surface area (Å²) in [6.07, 6.45) is 4.99. The summed E-state index contributed by atoms with van der Waals surface area (Å²) < 4.78 is 2.02. The van der Waals surface area contributed by atoms with E-state index >= 15 is 0 Å². The summed E-state index contributed by atoms with van der Waals surface area (Å²) in [7, 11) is 4.10. The third-order valence-corrected chi connectivity index (χ3v) is 4.76. The lowest BCUT2D eigenvalue weighted by molar-refractivity contribution is 0.423. The third kappa shape index (κ3) is 2.88. The average molecular weight is 283 g/mol. The molecule has 1 aromatic heterocycles. The number of hydrogen-bond donors (Lipinski definition) is 1. The van der Waals surface area contributed by atoms with E-state index in [-0.39, 0.29) is 0 Å². The van der Waals surface area contributed by atoms with Crippen LogP contribution in [0.3, 0.4) is 0 Å². The molecule has 1 aliphatic rings. The highest BCUT2D eigenvalue weighted by Crippen LogP contribution is 2.37.